The van der Waals surface area contributed by atoms with E-state index in [0.29, 0.717) is 44.2 Å². The van der Waals surface area contributed by atoms with E-state index in [2.05, 4.69) is 22.2 Å². The number of carbonyl (C=O) groups is 1. The van der Waals surface area contributed by atoms with E-state index in [-0.39, 0.29) is 16.5 Å². The van der Waals surface area contributed by atoms with E-state index < -0.39 is 0 Å². The molecule has 0 bridgehead atoms. The molecule has 2 heterocycles. The van der Waals surface area contributed by atoms with Crippen LogP contribution in [0.2, 0.25) is 0 Å². The molecule has 1 aromatic heterocycles. The quantitative estimate of drug-likeness (QED) is 0.602. The number of piperazine rings is 1. The van der Waals surface area contributed by atoms with Crippen LogP contribution in [0.1, 0.15) is 18.2 Å². The number of benzene rings is 1. The number of para-hydroxylation sites is 1. The van der Waals surface area contributed by atoms with Crippen LogP contribution >= 0.6 is 0 Å². The van der Waals surface area contributed by atoms with E-state index in [0.717, 1.165) is 17.7 Å². The monoisotopic (exact) mass is 386 g/mol. The first-order chi connectivity index (χ1) is 13.4. The molecule has 0 atom stereocenters. The number of nitro groups is 1. The normalized spacial score (nSPS) is 14.9. The summed E-state index contributed by atoms with van der Waals surface area (Å²) in [5, 5.41) is 18.6. The number of hydrogen-bond acceptors (Lipinski definition) is 6. The Hall–Kier alpha value is -2.94. The van der Waals surface area contributed by atoms with Gasteiger partial charge in [0.05, 0.1) is 11.5 Å². The minimum Gasteiger partial charge on any atom is -0.349 e. The topological polar surface area (TPSA) is 96.5 Å². The van der Waals surface area contributed by atoms with Crippen LogP contribution in [0.5, 0.6) is 0 Å². The summed E-state index contributed by atoms with van der Waals surface area (Å²) in [5.41, 5.74) is 2.44. The molecule has 0 radical (unpaired) electrons. The van der Waals surface area contributed by atoms with Gasteiger partial charge in [0.1, 0.15) is 5.69 Å². The molecule has 9 nitrogen and oxygen atoms in total. The first kappa shape index (κ1) is 19.8. The van der Waals surface area contributed by atoms with E-state index in [4.69, 9.17) is 0 Å². The molecular formula is C19H26N6O3. The van der Waals surface area contributed by atoms with Gasteiger partial charge in [-0.1, -0.05) is 25.1 Å². The fourth-order valence-corrected chi connectivity index (χ4v) is 3.66. The van der Waals surface area contributed by atoms with Gasteiger partial charge < -0.3 is 10.2 Å². The van der Waals surface area contributed by atoms with Crippen molar-refractivity contribution < 1.29 is 9.72 Å². The summed E-state index contributed by atoms with van der Waals surface area (Å²) >= 11 is 0. The van der Waals surface area contributed by atoms with Crippen molar-refractivity contribution in [3.8, 4) is 0 Å². The zero-order chi connectivity index (χ0) is 20.3. The Labute approximate surface area is 164 Å². The van der Waals surface area contributed by atoms with Gasteiger partial charge in [-0.05, 0) is 25.0 Å². The predicted octanol–water partition coefficient (Wildman–Crippen LogP) is 1.96. The number of carbonyl (C=O) groups excluding carboxylic acids is 1. The highest BCUT2D eigenvalue weighted by molar-refractivity contribution is 5.93. The molecule has 0 saturated carbocycles. The molecule has 2 aromatic rings. The molecule has 9 heteroatoms. The molecule has 1 N–H and O–H groups in total. The fraction of sp³-hybridized carbons (Fsp3) is 0.474. The molecule has 1 saturated heterocycles. The second-order valence-electron chi connectivity index (χ2n) is 6.96. The smallest absolute Gasteiger partial charge is 0.333 e. The highest BCUT2D eigenvalue weighted by atomic mass is 16.6. The first-order valence-corrected chi connectivity index (χ1v) is 9.43. The molecule has 28 heavy (non-hydrogen) atoms. The van der Waals surface area contributed by atoms with Crippen LogP contribution in [0, 0.1) is 17.0 Å². The molecule has 1 amide bonds. The Kier molecular flexibility index (Phi) is 5.93. The molecular weight excluding hydrogens is 360 g/mol. The van der Waals surface area contributed by atoms with Crippen molar-refractivity contribution in [1.29, 1.82) is 0 Å². The molecule has 1 aliphatic heterocycles. The van der Waals surface area contributed by atoms with Gasteiger partial charge in [-0.3, -0.25) is 19.8 Å². The number of nitrogens with one attached hydrogen (secondary N) is 1. The van der Waals surface area contributed by atoms with Crippen molar-refractivity contribution in [3.63, 3.8) is 0 Å². The summed E-state index contributed by atoms with van der Waals surface area (Å²) in [4.78, 5) is 27.5. The number of amides is 1. The Morgan fingerprint density at radius 2 is 1.93 bits per heavy atom. The number of hydrogen-bond donors (Lipinski definition) is 1. The number of aromatic nitrogens is 2. The van der Waals surface area contributed by atoms with Crippen LogP contribution in [-0.2, 0) is 18.3 Å². The van der Waals surface area contributed by atoms with E-state index in [1.165, 1.54) is 0 Å². The highest BCUT2D eigenvalue weighted by Crippen LogP contribution is 2.31. The van der Waals surface area contributed by atoms with E-state index in [1.807, 2.05) is 29.2 Å². The van der Waals surface area contributed by atoms with Gasteiger partial charge in [0.15, 0.2) is 0 Å². The summed E-state index contributed by atoms with van der Waals surface area (Å²) in [6, 6.07) is 7.80. The predicted molar refractivity (Wildman–Crippen MR) is 108 cm³/mol. The van der Waals surface area contributed by atoms with Crippen molar-refractivity contribution in [2.45, 2.75) is 20.3 Å². The lowest BCUT2D eigenvalue weighted by Gasteiger charge is -2.34. The molecule has 0 unspecified atom stereocenters. The fourth-order valence-electron chi connectivity index (χ4n) is 3.66. The summed E-state index contributed by atoms with van der Waals surface area (Å²) in [5.74, 6) is 0.486. The first-order valence-electron chi connectivity index (χ1n) is 9.43. The van der Waals surface area contributed by atoms with Crippen LogP contribution in [0.3, 0.4) is 0 Å². The minimum atomic E-state index is -0.372. The lowest BCUT2D eigenvalue weighted by molar-refractivity contribution is -0.384. The lowest BCUT2D eigenvalue weighted by atomic mass is 10.1. The van der Waals surface area contributed by atoms with Gasteiger partial charge in [0.2, 0.25) is 11.7 Å². The van der Waals surface area contributed by atoms with Crippen LogP contribution in [0.4, 0.5) is 17.2 Å². The second-order valence-corrected chi connectivity index (χ2v) is 6.96. The Morgan fingerprint density at radius 1 is 1.25 bits per heavy atom. The number of anilines is 2. The average molecular weight is 386 g/mol. The highest BCUT2D eigenvalue weighted by Gasteiger charge is 2.30. The zero-order valence-electron chi connectivity index (χ0n) is 16.5. The van der Waals surface area contributed by atoms with Gasteiger partial charge in [-0.2, -0.15) is 5.10 Å². The van der Waals surface area contributed by atoms with Crippen LogP contribution in [-0.4, -0.2) is 58.2 Å². The SMILES string of the molecule is CCc1ccccc1NC(=O)CN1CCN(c2c([N+](=O)[O-])c(C)nn2C)CC1. The molecule has 1 aromatic carbocycles. The van der Waals surface area contributed by atoms with Gasteiger partial charge >= 0.3 is 5.69 Å². The van der Waals surface area contributed by atoms with Gasteiger partial charge in [-0.15, -0.1) is 0 Å². The maximum Gasteiger partial charge on any atom is 0.333 e. The standard InChI is InChI=1S/C19H26N6O3/c1-4-15-7-5-6-8-16(15)20-17(26)13-23-9-11-24(12-10-23)19-18(25(27)28)14(2)21-22(19)3/h5-8H,4,9-13H2,1-3H3,(H,20,26). The molecule has 0 spiro atoms. The Morgan fingerprint density at radius 3 is 2.57 bits per heavy atom. The van der Waals surface area contributed by atoms with Crippen LogP contribution in [0.25, 0.3) is 0 Å². The van der Waals surface area contributed by atoms with Crippen molar-refractivity contribution in [3.05, 3.63) is 45.6 Å². The molecule has 3 rings (SSSR count). The van der Waals surface area contributed by atoms with Gasteiger partial charge in [0.25, 0.3) is 0 Å². The summed E-state index contributed by atoms with van der Waals surface area (Å²) in [7, 11) is 1.72. The largest absolute Gasteiger partial charge is 0.349 e. The van der Waals surface area contributed by atoms with Gasteiger partial charge in [0, 0.05) is 38.9 Å². The maximum absolute atomic E-state index is 12.4. The third kappa shape index (κ3) is 4.14. The van der Waals surface area contributed by atoms with Crippen molar-refractivity contribution in [2.24, 2.45) is 7.05 Å². The maximum atomic E-state index is 12.4. The van der Waals surface area contributed by atoms with Crippen molar-refractivity contribution in [1.82, 2.24) is 14.7 Å². The minimum absolute atomic E-state index is 0.0447. The van der Waals surface area contributed by atoms with E-state index in [1.54, 1.807) is 18.7 Å². The Balaban J connectivity index is 1.59. The van der Waals surface area contributed by atoms with E-state index in [9.17, 15) is 14.9 Å². The summed E-state index contributed by atoms with van der Waals surface area (Å²) < 4.78 is 1.57. The average Bonchev–Trinajstić information content (AvgIpc) is 2.97. The second kappa shape index (κ2) is 8.39. The summed E-state index contributed by atoms with van der Waals surface area (Å²) in [6.45, 7) is 6.55. The third-order valence-electron chi connectivity index (χ3n) is 5.06. The van der Waals surface area contributed by atoms with Crippen molar-refractivity contribution in [2.75, 3.05) is 42.9 Å². The Bertz CT molecular complexity index is 871. The number of rotatable bonds is 6. The molecule has 1 aliphatic rings. The van der Waals surface area contributed by atoms with Crippen LogP contribution < -0.4 is 10.2 Å². The van der Waals surface area contributed by atoms with Gasteiger partial charge in [-0.25, -0.2) is 4.68 Å². The molecule has 1 fully saturated rings. The molecule has 0 aliphatic carbocycles. The molecule has 150 valence electrons. The lowest BCUT2D eigenvalue weighted by Crippen LogP contribution is -2.49. The number of aryl methyl sites for hydroxylation is 3. The zero-order valence-corrected chi connectivity index (χ0v) is 16.5. The third-order valence-corrected chi connectivity index (χ3v) is 5.06. The van der Waals surface area contributed by atoms with Crippen molar-refractivity contribution >= 4 is 23.1 Å². The van der Waals surface area contributed by atoms with E-state index >= 15 is 0 Å². The van der Waals surface area contributed by atoms with Crippen LogP contribution in [0.15, 0.2) is 24.3 Å². The number of nitrogens with zero attached hydrogens (tertiary/aromatic N) is 5. The summed E-state index contributed by atoms with van der Waals surface area (Å²) in [6.07, 6.45) is 0.859.